The van der Waals surface area contributed by atoms with Gasteiger partial charge in [0.15, 0.2) is 0 Å². The van der Waals surface area contributed by atoms with Crippen LogP contribution in [0.3, 0.4) is 0 Å². The maximum Gasteiger partial charge on any atom is 0.0566 e. The number of benzene rings is 10. The normalized spacial score (nSPS) is 14.1. The first kappa shape index (κ1) is 50.5. The van der Waals surface area contributed by atoms with Crippen molar-refractivity contribution < 1.29 is 0 Å². The maximum absolute atomic E-state index is 2.60. The lowest BCUT2D eigenvalue weighted by molar-refractivity contribution is 0.589. The summed E-state index contributed by atoms with van der Waals surface area (Å²) in [5.74, 6) is 0. The molecule has 0 aromatic heterocycles. The Bertz CT molecular complexity index is 3790. The van der Waals surface area contributed by atoms with E-state index in [2.05, 4.69) is 305 Å². The fraction of sp³-hybridized carbons (Fsp3) is 0.243. The van der Waals surface area contributed by atoms with E-state index in [-0.39, 0.29) is 27.7 Å². The Morgan fingerprint density at radius 2 is 0.697 bits per heavy atom. The number of rotatable bonds is 8. The molecule has 0 aliphatic heterocycles. The van der Waals surface area contributed by atoms with E-state index in [0.717, 1.165) is 23.5 Å². The summed E-state index contributed by atoms with van der Waals surface area (Å²) >= 11 is 0. The largest absolute Gasteiger partial charge is 0.334 e. The molecule has 1 unspecified atom stereocenters. The van der Waals surface area contributed by atoms with Gasteiger partial charge in [0.2, 0.25) is 0 Å². The third kappa shape index (κ3) is 9.75. The van der Waals surface area contributed by atoms with Crippen LogP contribution in [-0.2, 0) is 21.7 Å². The van der Waals surface area contributed by atoms with E-state index in [0.29, 0.717) is 0 Å². The molecule has 0 saturated heterocycles. The van der Waals surface area contributed by atoms with Crippen LogP contribution in [0.5, 0.6) is 0 Å². The molecule has 10 aromatic rings. The predicted octanol–water partition coefficient (Wildman–Crippen LogP) is 19.3. The first-order chi connectivity index (χ1) is 36.2. The molecule has 1 aliphatic rings. The summed E-state index contributed by atoms with van der Waals surface area (Å²) < 4.78 is 0. The molecule has 0 amide bonds. The lowest BCUT2D eigenvalue weighted by Crippen LogP contribution is -2.40. The molecule has 2 heteroatoms. The molecular formula is C74H74N2. The quantitative estimate of drug-likeness (QED) is 0.150. The number of hydrogen-bond donors (Lipinski definition) is 0. The van der Waals surface area contributed by atoms with E-state index in [9.17, 15) is 0 Å². The van der Waals surface area contributed by atoms with Gasteiger partial charge in [0, 0.05) is 28.4 Å². The van der Waals surface area contributed by atoms with Crippen molar-refractivity contribution in [2.24, 2.45) is 0 Å². The molecule has 10 aromatic carbocycles. The van der Waals surface area contributed by atoms with Crippen LogP contribution in [0.1, 0.15) is 112 Å². The van der Waals surface area contributed by atoms with Crippen molar-refractivity contribution in [3.05, 3.63) is 233 Å². The molecular weight excluding hydrogens is 917 g/mol. The van der Waals surface area contributed by atoms with E-state index >= 15 is 0 Å². The summed E-state index contributed by atoms with van der Waals surface area (Å²) in [6.07, 6.45) is 5.99. The first-order valence-electron chi connectivity index (χ1n) is 27.5. The van der Waals surface area contributed by atoms with Crippen LogP contribution in [0.15, 0.2) is 200 Å². The highest BCUT2D eigenvalue weighted by atomic mass is 15.2. The molecule has 380 valence electrons. The molecule has 0 bridgehead atoms. The lowest BCUT2D eigenvalue weighted by Gasteiger charge is -2.34. The first-order valence-corrected chi connectivity index (χ1v) is 27.5. The van der Waals surface area contributed by atoms with E-state index in [1.807, 2.05) is 0 Å². The Hall–Kier alpha value is -7.68. The smallest absolute Gasteiger partial charge is 0.0566 e. The van der Waals surface area contributed by atoms with Gasteiger partial charge in [0.1, 0.15) is 0 Å². The molecule has 2 nitrogen and oxygen atoms in total. The second-order valence-electron chi connectivity index (χ2n) is 25.5. The Balaban J connectivity index is 1.21. The third-order valence-corrected chi connectivity index (χ3v) is 16.0. The van der Waals surface area contributed by atoms with Crippen LogP contribution in [-0.4, -0.2) is 6.04 Å². The average molecular weight is 991 g/mol. The van der Waals surface area contributed by atoms with E-state index in [4.69, 9.17) is 0 Å². The summed E-state index contributed by atoms with van der Waals surface area (Å²) in [7, 11) is 0. The van der Waals surface area contributed by atoms with E-state index in [1.54, 1.807) is 0 Å². The van der Waals surface area contributed by atoms with Crippen LogP contribution in [0.4, 0.5) is 28.4 Å². The summed E-state index contributed by atoms with van der Waals surface area (Å²) in [6.45, 7) is 27.5. The van der Waals surface area contributed by atoms with Crippen molar-refractivity contribution in [2.75, 3.05) is 9.80 Å². The fourth-order valence-electron chi connectivity index (χ4n) is 11.5. The zero-order valence-electron chi connectivity index (χ0n) is 46.9. The van der Waals surface area contributed by atoms with Crippen molar-refractivity contribution in [3.63, 3.8) is 0 Å². The second kappa shape index (κ2) is 19.2. The van der Waals surface area contributed by atoms with Gasteiger partial charge in [0.05, 0.1) is 6.04 Å². The van der Waals surface area contributed by atoms with Crippen LogP contribution in [0.25, 0.3) is 66.7 Å². The van der Waals surface area contributed by atoms with Crippen molar-refractivity contribution in [1.29, 1.82) is 0 Å². The summed E-state index contributed by atoms with van der Waals surface area (Å²) in [4.78, 5) is 5.04. The van der Waals surface area contributed by atoms with Gasteiger partial charge in [-0.1, -0.05) is 223 Å². The molecule has 0 spiro atoms. The van der Waals surface area contributed by atoms with Crippen molar-refractivity contribution in [3.8, 4) is 22.3 Å². The molecule has 0 heterocycles. The molecule has 1 aliphatic carbocycles. The lowest BCUT2D eigenvalue weighted by atomic mass is 9.84. The minimum absolute atomic E-state index is 0.0245. The minimum Gasteiger partial charge on any atom is -0.334 e. The summed E-state index contributed by atoms with van der Waals surface area (Å²) in [6, 6.07) is 76.2. The zero-order chi connectivity index (χ0) is 53.3. The SMILES string of the molecule is CC(C)(C)c1ccc(N(c2ccc(C(C)(C)C)cc2)c2ccc3c(-c4ccc5ccccc5c4)c4c(c(-c5ccc6ccccc6c5)c3c2)=CCC(N(c2ccc(C(C)(C)C)cc2)c2ccc(C(C)(C)C)cc2)C=4)cc1. The van der Waals surface area contributed by atoms with Crippen LogP contribution in [0, 0.1) is 0 Å². The monoisotopic (exact) mass is 991 g/mol. The predicted molar refractivity (Wildman–Crippen MR) is 331 cm³/mol. The molecule has 0 radical (unpaired) electrons. The third-order valence-electron chi connectivity index (χ3n) is 16.0. The molecule has 11 rings (SSSR count). The Labute approximate surface area is 452 Å². The van der Waals surface area contributed by atoms with Crippen molar-refractivity contribution in [2.45, 2.75) is 117 Å². The van der Waals surface area contributed by atoms with Crippen LogP contribution >= 0.6 is 0 Å². The van der Waals surface area contributed by atoms with Gasteiger partial charge in [-0.3, -0.25) is 0 Å². The highest BCUT2D eigenvalue weighted by Crippen LogP contribution is 2.43. The highest BCUT2D eigenvalue weighted by Gasteiger charge is 2.27. The summed E-state index contributed by atoms with van der Waals surface area (Å²) in [5.41, 5.74) is 16.1. The minimum atomic E-state index is 0.0245. The molecule has 0 saturated carbocycles. The van der Waals surface area contributed by atoms with Gasteiger partial charge < -0.3 is 9.80 Å². The fourth-order valence-corrected chi connectivity index (χ4v) is 11.5. The Kier molecular flexibility index (Phi) is 12.7. The zero-order valence-corrected chi connectivity index (χ0v) is 46.9. The number of nitrogens with zero attached hydrogens (tertiary/aromatic N) is 2. The van der Waals surface area contributed by atoms with Gasteiger partial charge in [0.25, 0.3) is 0 Å². The van der Waals surface area contributed by atoms with Crippen molar-refractivity contribution >= 4 is 72.9 Å². The number of fused-ring (bicyclic) bond motifs is 4. The van der Waals surface area contributed by atoms with Gasteiger partial charge in [-0.2, -0.15) is 0 Å². The number of anilines is 5. The highest BCUT2D eigenvalue weighted by molar-refractivity contribution is 6.09. The second-order valence-corrected chi connectivity index (χ2v) is 25.5. The number of hydrogen-bond acceptors (Lipinski definition) is 2. The van der Waals surface area contributed by atoms with Crippen molar-refractivity contribution in [1.82, 2.24) is 0 Å². The van der Waals surface area contributed by atoms with Gasteiger partial charge >= 0.3 is 0 Å². The van der Waals surface area contributed by atoms with Crippen LogP contribution < -0.4 is 20.2 Å². The molecule has 1 atom stereocenters. The molecule has 76 heavy (non-hydrogen) atoms. The van der Waals surface area contributed by atoms with E-state index < -0.39 is 0 Å². The Morgan fingerprint density at radius 3 is 1.11 bits per heavy atom. The van der Waals surface area contributed by atoms with E-state index in [1.165, 1.54) is 98.6 Å². The summed E-state index contributed by atoms with van der Waals surface area (Å²) in [5, 5.41) is 9.95. The molecule has 0 N–H and O–H groups in total. The topological polar surface area (TPSA) is 6.48 Å². The van der Waals surface area contributed by atoms with Crippen LogP contribution in [0.2, 0.25) is 0 Å². The van der Waals surface area contributed by atoms with Gasteiger partial charge in [-0.25, -0.2) is 0 Å². The van der Waals surface area contributed by atoms with Gasteiger partial charge in [-0.15, -0.1) is 0 Å². The standard InChI is InChI=1S/C74H74N2/c1-71(2,3)55-25-33-59(34-26-55)75(60-35-27-56(28-36-60)72(4,5)6)63-41-43-65-67(47-63)69(53-23-21-49-17-13-15-19-51(49)45-53)66-44-42-64(48-68(66)70(65)54-24-22-50-18-14-16-20-52(50)46-54)76(61-37-29-57(30-38-61)73(7,8)9)62-39-31-58(32-40-62)74(10,11)12/h13-41,43-48,64H,42H2,1-12H3. The maximum atomic E-state index is 2.60. The van der Waals surface area contributed by atoms with Gasteiger partial charge in [-0.05, 0) is 188 Å². The Morgan fingerprint density at radius 1 is 0.329 bits per heavy atom. The average Bonchev–Trinajstić information content (AvgIpc) is 3.45. The molecule has 0 fully saturated rings.